The Morgan fingerprint density at radius 3 is 2.60 bits per heavy atom. The van der Waals surface area contributed by atoms with E-state index in [0.717, 1.165) is 11.3 Å². The van der Waals surface area contributed by atoms with Crippen LogP contribution in [0.1, 0.15) is 18.9 Å². The lowest BCUT2D eigenvalue weighted by Crippen LogP contribution is -2.32. The highest BCUT2D eigenvalue weighted by Gasteiger charge is 2.15. The van der Waals surface area contributed by atoms with Crippen molar-refractivity contribution < 1.29 is 14.3 Å². The molecule has 0 saturated heterocycles. The number of carbonyl (C=O) groups is 2. The van der Waals surface area contributed by atoms with E-state index in [2.05, 4.69) is 5.32 Å². The fourth-order valence-corrected chi connectivity index (χ4v) is 2.64. The molecule has 0 unspecified atom stereocenters. The number of nitrogens with zero attached hydrogens (tertiary/aromatic N) is 1. The molecule has 0 aromatic heterocycles. The Morgan fingerprint density at radius 2 is 1.96 bits per heavy atom. The maximum absolute atomic E-state index is 12.3. The van der Waals surface area contributed by atoms with E-state index >= 15 is 0 Å². The van der Waals surface area contributed by atoms with Crippen molar-refractivity contribution in [3.63, 3.8) is 0 Å². The second kappa shape index (κ2) is 8.53. The van der Waals surface area contributed by atoms with Gasteiger partial charge >= 0.3 is 0 Å². The fourth-order valence-electron chi connectivity index (χ4n) is 2.47. The molecule has 132 valence electrons. The summed E-state index contributed by atoms with van der Waals surface area (Å²) in [6.45, 7) is 3.73. The molecule has 2 amide bonds. The van der Waals surface area contributed by atoms with Gasteiger partial charge in [-0.25, -0.2) is 0 Å². The molecule has 1 N–H and O–H groups in total. The second-order valence-electron chi connectivity index (χ2n) is 5.65. The summed E-state index contributed by atoms with van der Waals surface area (Å²) in [6, 6.07) is 12.6. The number of aryl methyl sites for hydroxylation is 1. The number of carbonyl (C=O) groups excluding carboxylic acids is 2. The summed E-state index contributed by atoms with van der Waals surface area (Å²) >= 11 is 5.96. The van der Waals surface area contributed by atoms with Crippen LogP contribution in [-0.2, 0) is 9.59 Å². The van der Waals surface area contributed by atoms with Gasteiger partial charge in [0, 0.05) is 30.6 Å². The topological polar surface area (TPSA) is 58.6 Å². The molecule has 0 atom stereocenters. The molecule has 2 rings (SSSR count). The van der Waals surface area contributed by atoms with Crippen LogP contribution in [-0.4, -0.2) is 25.5 Å². The van der Waals surface area contributed by atoms with Gasteiger partial charge in [-0.05, 0) is 42.8 Å². The summed E-state index contributed by atoms with van der Waals surface area (Å²) in [7, 11) is 1.52. The molecule has 2 aromatic rings. The molecule has 0 spiro atoms. The third kappa shape index (κ3) is 5.22. The van der Waals surface area contributed by atoms with E-state index in [-0.39, 0.29) is 24.8 Å². The van der Waals surface area contributed by atoms with Crippen LogP contribution in [0.5, 0.6) is 5.75 Å². The smallest absolute Gasteiger partial charge is 0.226 e. The molecule has 0 fully saturated rings. The summed E-state index contributed by atoms with van der Waals surface area (Å²) in [5, 5.41) is 3.27. The van der Waals surface area contributed by atoms with Gasteiger partial charge in [-0.15, -0.1) is 0 Å². The number of hydrogen-bond acceptors (Lipinski definition) is 3. The van der Waals surface area contributed by atoms with Crippen molar-refractivity contribution in [2.24, 2.45) is 0 Å². The quantitative estimate of drug-likeness (QED) is 0.845. The van der Waals surface area contributed by atoms with Crippen LogP contribution in [0.25, 0.3) is 0 Å². The number of rotatable bonds is 6. The second-order valence-corrected chi connectivity index (χ2v) is 6.09. The zero-order chi connectivity index (χ0) is 18.4. The highest BCUT2D eigenvalue weighted by atomic mass is 35.5. The third-order valence-corrected chi connectivity index (χ3v) is 3.93. The number of benzene rings is 2. The maximum atomic E-state index is 12.3. The Kier molecular flexibility index (Phi) is 6.42. The van der Waals surface area contributed by atoms with Crippen LogP contribution >= 0.6 is 11.6 Å². The van der Waals surface area contributed by atoms with Crippen molar-refractivity contribution in [3.05, 3.63) is 53.1 Å². The Morgan fingerprint density at radius 1 is 1.20 bits per heavy atom. The molecule has 0 bridgehead atoms. The lowest BCUT2D eigenvalue weighted by atomic mass is 10.2. The average molecular weight is 361 g/mol. The van der Waals surface area contributed by atoms with E-state index in [4.69, 9.17) is 16.3 Å². The molecule has 0 aliphatic carbocycles. The molecule has 5 nitrogen and oxygen atoms in total. The Bertz CT molecular complexity index is 777. The minimum Gasteiger partial charge on any atom is -0.495 e. The van der Waals surface area contributed by atoms with Crippen molar-refractivity contribution >= 4 is 34.8 Å². The number of ether oxygens (including phenoxy) is 1. The number of halogens is 1. The van der Waals surface area contributed by atoms with E-state index in [9.17, 15) is 9.59 Å². The number of anilines is 2. The van der Waals surface area contributed by atoms with Gasteiger partial charge in [-0.1, -0.05) is 23.7 Å². The van der Waals surface area contributed by atoms with Gasteiger partial charge in [0.25, 0.3) is 0 Å². The molecule has 0 radical (unpaired) electrons. The summed E-state index contributed by atoms with van der Waals surface area (Å²) in [4.78, 5) is 25.8. The molecule has 6 heteroatoms. The predicted octanol–water partition coefficient (Wildman–Crippen LogP) is 4.04. The predicted molar refractivity (Wildman–Crippen MR) is 100 cm³/mol. The van der Waals surface area contributed by atoms with Gasteiger partial charge in [0.15, 0.2) is 0 Å². The zero-order valence-corrected chi connectivity index (χ0v) is 15.3. The minimum atomic E-state index is -0.223. The summed E-state index contributed by atoms with van der Waals surface area (Å²) in [6.07, 6.45) is 0.156. The van der Waals surface area contributed by atoms with Gasteiger partial charge in [0.2, 0.25) is 11.8 Å². The summed E-state index contributed by atoms with van der Waals surface area (Å²) in [5.74, 6) is 0.193. The van der Waals surface area contributed by atoms with E-state index in [1.165, 1.54) is 14.0 Å². The Labute approximate surface area is 152 Å². The van der Waals surface area contributed by atoms with Crippen LogP contribution in [0.3, 0.4) is 0 Å². The monoisotopic (exact) mass is 360 g/mol. The zero-order valence-electron chi connectivity index (χ0n) is 14.5. The molecule has 2 aromatic carbocycles. The number of methoxy groups -OCH3 is 1. The van der Waals surface area contributed by atoms with E-state index < -0.39 is 0 Å². The molecule has 0 aliphatic rings. The third-order valence-electron chi connectivity index (χ3n) is 3.69. The summed E-state index contributed by atoms with van der Waals surface area (Å²) in [5.41, 5.74) is 2.34. The van der Waals surface area contributed by atoms with Crippen LogP contribution < -0.4 is 15.0 Å². The standard InChI is InChI=1S/C19H21ClN2O3/c1-13-5-4-6-16(11-13)22(14(2)23)10-9-19(24)21-17-12-15(20)7-8-18(17)25-3/h4-8,11-12H,9-10H2,1-3H3,(H,21,24). The van der Waals surface area contributed by atoms with Crippen molar-refractivity contribution in [2.45, 2.75) is 20.3 Å². The van der Waals surface area contributed by atoms with Crippen LogP contribution in [0.2, 0.25) is 5.02 Å². The van der Waals surface area contributed by atoms with Crippen molar-refractivity contribution in [1.29, 1.82) is 0 Å². The minimum absolute atomic E-state index is 0.112. The van der Waals surface area contributed by atoms with E-state index in [1.807, 2.05) is 31.2 Å². The van der Waals surface area contributed by atoms with Gasteiger partial charge in [-0.2, -0.15) is 0 Å². The maximum Gasteiger partial charge on any atom is 0.226 e. The number of amides is 2. The first-order chi connectivity index (χ1) is 11.9. The molecular formula is C19H21ClN2O3. The van der Waals surface area contributed by atoms with Gasteiger partial charge < -0.3 is 15.0 Å². The first kappa shape index (κ1) is 18.8. The van der Waals surface area contributed by atoms with E-state index in [1.54, 1.807) is 23.1 Å². The van der Waals surface area contributed by atoms with Crippen LogP contribution in [0.15, 0.2) is 42.5 Å². The van der Waals surface area contributed by atoms with Crippen molar-refractivity contribution in [1.82, 2.24) is 0 Å². The molecular weight excluding hydrogens is 340 g/mol. The molecule has 0 saturated carbocycles. The van der Waals surface area contributed by atoms with Crippen LogP contribution in [0, 0.1) is 6.92 Å². The molecule has 0 heterocycles. The lowest BCUT2D eigenvalue weighted by molar-refractivity contribution is -0.117. The first-order valence-electron chi connectivity index (χ1n) is 7.89. The Hall–Kier alpha value is -2.53. The first-order valence-corrected chi connectivity index (χ1v) is 8.26. The van der Waals surface area contributed by atoms with Crippen LogP contribution in [0.4, 0.5) is 11.4 Å². The highest BCUT2D eigenvalue weighted by molar-refractivity contribution is 6.31. The van der Waals surface area contributed by atoms with E-state index in [0.29, 0.717) is 16.5 Å². The Balaban J connectivity index is 2.05. The van der Waals surface area contributed by atoms with Gasteiger partial charge in [0.05, 0.1) is 12.8 Å². The molecule has 25 heavy (non-hydrogen) atoms. The summed E-state index contributed by atoms with van der Waals surface area (Å²) < 4.78 is 5.21. The largest absolute Gasteiger partial charge is 0.495 e. The highest BCUT2D eigenvalue weighted by Crippen LogP contribution is 2.27. The molecule has 0 aliphatic heterocycles. The SMILES string of the molecule is COc1ccc(Cl)cc1NC(=O)CCN(C(C)=O)c1cccc(C)c1. The van der Waals surface area contributed by atoms with Gasteiger partial charge in [-0.3, -0.25) is 9.59 Å². The number of hydrogen-bond donors (Lipinski definition) is 1. The van der Waals surface area contributed by atoms with Crippen molar-refractivity contribution in [2.75, 3.05) is 23.9 Å². The fraction of sp³-hybridized carbons (Fsp3) is 0.263. The average Bonchev–Trinajstić information content (AvgIpc) is 2.55. The number of nitrogens with one attached hydrogen (secondary N) is 1. The van der Waals surface area contributed by atoms with Gasteiger partial charge in [0.1, 0.15) is 5.75 Å². The van der Waals surface area contributed by atoms with Crippen molar-refractivity contribution in [3.8, 4) is 5.75 Å². The normalized spacial score (nSPS) is 10.2. The lowest BCUT2D eigenvalue weighted by Gasteiger charge is -2.21.